The van der Waals surface area contributed by atoms with Crippen LogP contribution in [-0.4, -0.2) is 27.8 Å². The molecule has 1 aliphatic heterocycles. The summed E-state index contributed by atoms with van der Waals surface area (Å²) in [5, 5.41) is 3.30. The third-order valence-electron chi connectivity index (χ3n) is 3.15. The Kier molecular flexibility index (Phi) is 4.26. The average molecular weight is 311 g/mol. The quantitative estimate of drug-likeness (QED) is 0.667. The number of carbonyl (C=O) groups excluding carboxylic acids is 1. The van der Waals surface area contributed by atoms with E-state index in [0.717, 1.165) is 11.3 Å². The van der Waals surface area contributed by atoms with Crippen LogP contribution in [0.4, 0.5) is 0 Å². The van der Waals surface area contributed by atoms with Crippen molar-refractivity contribution in [3.63, 3.8) is 0 Å². The van der Waals surface area contributed by atoms with E-state index in [9.17, 15) is 9.59 Å². The van der Waals surface area contributed by atoms with Gasteiger partial charge in [0.05, 0.1) is 6.54 Å². The van der Waals surface area contributed by atoms with Crippen LogP contribution in [0.25, 0.3) is 0 Å². The second kappa shape index (κ2) is 6.50. The molecule has 0 saturated heterocycles. The molecule has 1 aromatic heterocycles. The van der Waals surface area contributed by atoms with Gasteiger partial charge in [-0.05, 0) is 12.1 Å². The Morgan fingerprint density at radius 3 is 3.00 bits per heavy atom. The predicted molar refractivity (Wildman–Crippen MR) is 84.9 cm³/mol. The summed E-state index contributed by atoms with van der Waals surface area (Å²) in [5.74, 6) is 6.18. The van der Waals surface area contributed by atoms with E-state index in [1.165, 1.54) is 22.5 Å². The maximum Gasteiger partial charge on any atom is 0.267 e. The van der Waals surface area contributed by atoms with E-state index in [2.05, 4.69) is 22.1 Å². The number of hydrogen-bond donors (Lipinski definition) is 1. The van der Waals surface area contributed by atoms with Gasteiger partial charge in [-0.2, -0.15) is 0 Å². The van der Waals surface area contributed by atoms with Gasteiger partial charge in [0.1, 0.15) is 5.56 Å². The second-order valence-electron chi connectivity index (χ2n) is 4.61. The summed E-state index contributed by atoms with van der Waals surface area (Å²) in [5.41, 5.74) is 0.657. The summed E-state index contributed by atoms with van der Waals surface area (Å²) in [6.45, 7) is 0.782. The Morgan fingerprint density at radius 1 is 1.36 bits per heavy atom. The van der Waals surface area contributed by atoms with Crippen molar-refractivity contribution >= 4 is 17.7 Å². The molecule has 3 rings (SSSR count). The lowest BCUT2D eigenvalue weighted by atomic mass is 10.2. The zero-order valence-corrected chi connectivity index (χ0v) is 12.5. The molecule has 0 aliphatic carbocycles. The van der Waals surface area contributed by atoms with E-state index in [-0.39, 0.29) is 17.7 Å². The predicted octanol–water partition coefficient (Wildman–Crippen LogP) is 1.13. The molecular formula is C16H13N3O2S. The highest BCUT2D eigenvalue weighted by Crippen LogP contribution is 2.20. The minimum atomic E-state index is -0.438. The van der Waals surface area contributed by atoms with Crippen LogP contribution < -0.4 is 10.9 Å². The summed E-state index contributed by atoms with van der Waals surface area (Å²) in [6.07, 6.45) is 1.34. The van der Waals surface area contributed by atoms with Gasteiger partial charge >= 0.3 is 0 Å². The maximum atomic E-state index is 12.2. The Morgan fingerprint density at radius 2 is 2.18 bits per heavy atom. The third-order valence-corrected chi connectivity index (χ3v) is 4.12. The van der Waals surface area contributed by atoms with Crippen molar-refractivity contribution in [3.05, 3.63) is 58.0 Å². The van der Waals surface area contributed by atoms with Gasteiger partial charge in [0, 0.05) is 24.1 Å². The molecule has 1 amide bonds. The second-order valence-corrected chi connectivity index (χ2v) is 5.67. The number of nitrogens with zero attached hydrogens (tertiary/aromatic N) is 2. The summed E-state index contributed by atoms with van der Waals surface area (Å²) in [6, 6.07) is 9.50. The third kappa shape index (κ3) is 3.05. The molecule has 0 bridgehead atoms. The molecule has 0 saturated carbocycles. The van der Waals surface area contributed by atoms with Crippen LogP contribution in [0.5, 0.6) is 0 Å². The lowest BCUT2D eigenvalue weighted by molar-refractivity contribution is 0.0956. The van der Waals surface area contributed by atoms with Gasteiger partial charge in [0.15, 0.2) is 5.16 Å². The average Bonchev–Trinajstić information content (AvgIpc) is 3.02. The van der Waals surface area contributed by atoms with Crippen molar-refractivity contribution in [1.82, 2.24) is 14.9 Å². The first-order chi connectivity index (χ1) is 10.8. The van der Waals surface area contributed by atoms with E-state index in [1.54, 1.807) is 0 Å². The standard InChI is InChI=1S/C16H13N3O2S/c20-14(17-8-4-7-12-5-2-1-3-6-12)13-11-18-16-19(15(13)21)9-10-22-16/h1-3,5-6,11H,8-10H2,(H,17,20). The molecule has 0 radical (unpaired) electrons. The molecule has 2 aromatic rings. The first-order valence-corrected chi connectivity index (χ1v) is 7.79. The summed E-state index contributed by atoms with van der Waals surface area (Å²) < 4.78 is 1.54. The number of carbonyl (C=O) groups is 1. The highest BCUT2D eigenvalue weighted by molar-refractivity contribution is 7.99. The van der Waals surface area contributed by atoms with Crippen molar-refractivity contribution in [2.75, 3.05) is 12.3 Å². The van der Waals surface area contributed by atoms with Gasteiger partial charge < -0.3 is 5.32 Å². The fourth-order valence-electron chi connectivity index (χ4n) is 2.06. The van der Waals surface area contributed by atoms with Crippen LogP contribution >= 0.6 is 11.8 Å². The molecule has 1 aliphatic rings. The summed E-state index contributed by atoms with van der Waals surface area (Å²) in [7, 11) is 0. The van der Waals surface area contributed by atoms with Crippen LogP contribution in [0.3, 0.4) is 0 Å². The number of thioether (sulfide) groups is 1. The minimum Gasteiger partial charge on any atom is -0.341 e. The molecule has 1 N–H and O–H groups in total. The van der Waals surface area contributed by atoms with Crippen molar-refractivity contribution < 1.29 is 4.79 Å². The summed E-state index contributed by atoms with van der Waals surface area (Å²) in [4.78, 5) is 28.4. The minimum absolute atomic E-state index is 0.0627. The van der Waals surface area contributed by atoms with Crippen LogP contribution in [0.2, 0.25) is 0 Å². The fourth-order valence-corrected chi connectivity index (χ4v) is 2.97. The normalized spacial score (nSPS) is 12.2. The number of nitrogens with one attached hydrogen (secondary N) is 1. The molecular weight excluding hydrogens is 298 g/mol. The Hall–Kier alpha value is -2.52. The molecule has 1 aromatic carbocycles. The first-order valence-electron chi connectivity index (χ1n) is 6.80. The zero-order valence-electron chi connectivity index (χ0n) is 11.7. The highest BCUT2D eigenvalue weighted by Gasteiger charge is 2.19. The van der Waals surface area contributed by atoms with Gasteiger partial charge in [-0.25, -0.2) is 4.98 Å². The van der Waals surface area contributed by atoms with Gasteiger partial charge in [0.25, 0.3) is 11.5 Å². The number of benzene rings is 1. The van der Waals surface area contributed by atoms with Crippen LogP contribution in [-0.2, 0) is 6.54 Å². The smallest absolute Gasteiger partial charge is 0.267 e. The van der Waals surface area contributed by atoms with Crippen LogP contribution in [0.1, 0.15) is 15.9 Å². The van der Waals surface area contributed by atoms with Gasteiger partial charge in [-0.3, -0.25) is 14.2 Å². The lowest BCUT2D eigenvalue weighted by Crippen LogP contribution is -2.33. The van der Waals surface area contributed by atoms with Crippen LogP contribution in [0.15, 0.2) is 46.5 Å². The maximum absolute atomic E-state index is 12.2. The van der Waals surface area contributed by atoms with Gasteiger partial charge in [0.2, 0.25) is 0 Å². The fraction of sp³-hybridized carbons (Fsp3) is 0.188. The van der Waals surface area contributed by atoms with Crippen molar-refractivity contribution in [2.45, 2.75) is 11.7 Å². The first kappa shape index (κ1) is 14.4. The molecule has 6 heteroatoms. The number of amides is 1. The molecule has 0 spiro atoms. The van der Waals surface area contributed by atoms with E-state index in [0.29, 0.717) is 11.7 Å². The molecule has 0 atom stereocenters. The van der Waals surface area contributed by atoms with Crippen molar-refractivity contribution in [2.24, 2.45) is 0 Å². The SMILES string of the molecule is O=C(NCC#Cc1ccccc1)c1cnc2n(c1=O)CCS2. The number of hydrogen-bond acceptors (Lipinski definition) is 4. The number of rotatable bonds is 2. The van der Waals surface area contributed by atoms with E-state index < -0.39 is 5.91 Å². The zero-order chi connectivity index (χ0) is 15.4. The highest BCUT2D eigenvalue weighted by atomic mass is 32.2. The largest absolute Gasteiger partial charge is 0.341 e. The Bertz CT molecular complexity index is 819. The topological polar surface area (TPSA) is 64.0 Å². The van der Waals surface area contributed by atoms with E-state index in [4.69, 9.17) is 0 Å². The molecule has 0 unspecified atom stereocenters. The Labute approximate surface area is 131 Å². The molecule has 22 heavy (non-hydrogen) atoms. The molecule has 110 valence electrons. The van der Waals surface area contributed by atoms with E-state index >= 15 is 0 Å². The van der Waals surface area contributed by atoms with Crippen LogP contribution in [0, 0.1) is 11.8 Å². The number of aromatic nitrogens is 2. The molecule has 2 heterocycles. The molecule has 0 fully saturated rings. The number of fused-ring (bicyclic) bond motifs is 1. The molecule has 5 nitrogen and oxygen atoms in total. The Balaban J connectivity index is 1.66. The van der Waals surface area contributed by atoms with Gasteiger partial charge in [-0.15, -0.1) is 0 Å². The monoisotopic (exact) mass is 311 g/mol. The van der Waals surface area contributed by atoms with E-state index in [1.807, 2.05) is 30.3 Å². The summed E-state index contributed by atoms with van der Waals surface area (Å²) >= 11 is 1.52. The van der Waals surface area contributed by atoms with Crippen molar-refractivity contribution in [1.29, 1.82) is 0 Å². The van der Waals surface area contributed by atoms with Gasteiger partial charge in [-0.1, -0.05) is 41.8 Å². The van der Waals surface area contributed by atoms with Crippen molar-refractivity contribution in [3.8, 4) is 11.8 Å². The lowest BCUT2D eigenvalue weighted by Gasteiger charge is -2.04.